The lowest BCUT2D eigenvalue weighted by Gasteiger charge is -2.35. The summed E-state index contributed by atoms with van der Waals surface area (Å²) in [5, 5.41) is 3.60. The third-order valence-electron chi connectivity index (χ3n) is 6.89. The molecule has 0 unspecified atom stereocenters. The van der Waals surface area contributed by atoms with Gasteiger partial charge in [-0.15, -0.1) is 0 Å². The van der Waals surface area contributed by atoms with Crippen LogP contribution in [0.2, 0.25) is 0 Å². The monoisotopic (exact) mass is 494 g/mol. The number of nitrogens with zero attached hydrogens (tertiary/aromatic N) is 5. The van der Waals surface area contributed by atoms with E-state index in [9.17, 15) is 14.4 Å². The average Bonchev–Trinajstić information content (AvgIpc) is 3.33. The molecule has 0 atom stereocenters. The quantitative estimate of drug-likeness (QED) is 0.585. The van der Waals surface area contributed by atoms with Crippen LogP contribution in [0.3, 0.4) is 0 Å². The zero-order valence-electron chi connectivity index (χ0n) is 19.9. The van der Waals surface area contributed by atoms with Crippen molar-refractivity contribution in [1.82, 2.24) is 19.4 Å². The molecule has 2 aliphatic rings. The van der Waals surface area contributed by atoms with Crippen LogP contribution in [0.4, 0.5) is 10.8 Å². The third kappa shape index (κ3) is 5.07. The van der Waals surface area contributed by atoms with Gasteiger partial charge in [-0.2, -0.15) is 4.98 Å². The molecule has 2 aliphatic heterocycles. The Bertz CT molecular complexity index is 1290. The fourth-order valence-corrected chi connectivity index (χ4v) is 5.85. The fraction of sp³-hybridized carbons (Fsp3) is 0.480. The zero-order valence-corrected chi connectivity index (χ0v) is 20.7. The normalized spacial score (nSPS) is 17.1. The van der Waals surface area contributed by atoms with E-state index < -0.39 is 0 Å². The number of hydrogen-bond donors (Lipinski definition) is 1. The molecule has 2 aromatic heterocycles. The first kappa shape index (κ1) is 23.5. The number of fused-ring (bicyclic) bond motifs is 1. The number of carbonyl (C=O) groups excluding carboxylic acids is 2. The Hall–Kier alpha value is -3.27. The second kappa shape index (κ2) is 10.2. The number of aryl methyl sites for hydroxylation is 1. The van der Waals surface area contributed by atoms with Crippen molar-refractivity contribution < 1.29 is 9.59 Å². The summed E-state index contributed by atoms with van der Waals surface area (Å²) in [4.78, 5) is 51.5. The second-order valence-corrected chi connectivity index (χ2v) is 10.3. The molecule has 9 nitrogen and oxygen atoms in total. The molecule has 0 aliphatic carbocycles. The summed E-state index contributed by atoms with van der Waals surface area (Å²) < 4.78 is 1.76. The van der Waals surface area contributed by atoms with Crippen LogP contribution >= 0.6 is 11.3 Å². The van der Waals surface area contributed by atoms with Gasteiger partial charge < -0.3 is 15.1 Å². The number of likely N-dealkylation sites (tertiary alicyclic amines) is 1. The molecule has 3 aromatic rings. The van der Waals surface area contributed by atoms with Crippen LogP contribution in [0.25, 0.3) is 10.3 Å². The van der Waals surface area contributed by atoms with E-state index >= 15 is 0 Å². The molecule has 5 rings (SSSR count). The second-order valence-electron chi connectivity index (χ2n) is 9.34. The van der Waals surface area contributed by atoms with Crippen LogP contribution in [-0.4, -0.2) is 57.4 Å². The molecule has 1 aromatic carbocycles. The maximum atomic E-state index is 13.0. The molecule has 2 saturated heterocycles. The van der Waals surface area contributed by atoms with Gasteiger partial charge in [0.05, 0.1) is 0 Å². The number of hydrogen-bond acceptors (Lipinski definition) is 7. The van der Waals surface area contributed by atoms with Crippen molar-refractivity contribution in [2.45, 2.75) is 45.6 Å². The molecule has 0 saturated carbocycles. The number of piperidine rings is 2. The Morgan fingerprint density at radius 1 is 1.09 bits per heavy atom. The molecule has 0 bridgehead atoms. The number of amides is 2. The largest absolute Gasteiger partial charge is 0.348 e. The first-order chi connectivity index (χ1) is 17.0. The van der Waals surface area contributed by atoms with Gasteiger partial charge in [0, 0.05) is 37.8 Å². The summed E-state index contributed by atoms with van der Waals surface area (Å²) in [6, 6.07) is 7.51. The number of nitrogens with one attached hydrogen (secondary N) is 1. The third-order valence-corrected chi connectivity index (χ3v) is 7.98. The highest BCUT2D eigenvalue weighted by atomic mass is 32.1. The number of anilines is 2. The van der Waals surface area contributed by atoms with Crippen LogP contribution in [0, 0.1) is 12.8 Å². The van der Waals surface area contributed by atoms with E-state index in [0.29, 0.717) is 16.3 Å². The van der Waals surface area contributed by atoms with Gasteiger partial charge in [0.1, 0.15) is 17.6 Å². The Kier molecular flexibility index (Phi) is 6.81. The van der Waals surface area contributed by atoms with Crippen molar-refractivity contribution >= 4 is 44.3 Å². The Balaban J connectivity index is 1.24. The lowest BCUT2D eigenvalue weighted by atomic mass is 9.94. The number of carbonyl (C=O) groups is 2. The van der Waals surface area contributed by atoms with Crippen LogP contribution in [-0.2, 0) is 16.1 Å². The predicted octanol–water partition coefficient (Wildman–Crippen LogP) is 3.03. The van der Waals surface area contributed by atoms with Crippen LogP contribution in [0.1, 0.15) is 37.7 Å². The first-order valence-corrected chi connectivity index (χ1v) is 13.1. The van der Waals surface area contributed by atoms with E-state index in [1.54, 1.807) is 0 Å². The lowest BCUT2D eigenvalue weighted by Crippen LogP contribution is -2.44. The summed E-state index contributed by atoms with van der Waals surface area (Å²) in [7, 11) is 0. The van der Waals surface area contributed by atoms with Gasteiger partial charge in [-0.3, -0.25) is 19.0 Å². The first-order valence-electron chi connectivity index (χ1n) is 12.2. The van der Waals surface area contributed by atoms with Crippen LogP contribution < -0.4 is 15.8 Å². The van der Waals surface area contributed by atoms with Crippen LogP contribution in [0.15, 0.2) is 35.4 Å². The number of benzene rings is 1. The molecule has 1 N–H and O–H groups in total. The molecular weight excluding hydrogens is 464 g/mol. The molecule has 0 radical (unpaired) electrons. The minimum absolute atomic E-state index is 0.0702. The summed E-state index contributed by atoms with van der Waals surface area (Å²) in [5.74, 6) is 0.0794. The molecule has 2 fully saturated rings. The number of aromatic nitrogens is 3. The number of para-hydroxylation sites is 1. The van der Waals surface area contributed by atoms with Gasteiger partial charge in [0.2, 0.25) is 11.8 Å². The Morgan fingerprint density at radius 2 is 1.83 bits per heavy atom. The minimum Gasteiger partial charge on any atom is -0.348 e. The van der Waals surface area contributed by atoms with E-state index in [0.717, 1.165) is 68.2 Å². The summed E-state index contributed by atoms with van der Waals surface area (Å²) >= 11 is 1.31. The average molecular weight is 495 g/mol. The van der Waals surface area contributed by atoms with Gasteiger partial charge in [-0.05, 0) is 50.7 Å². The minimum atomic E-state index is -0.285. The van der Waals surface area contributed by atoms with Crippen molar-refractivity contribution in [1.29, 1.82) is 0 Å². The zero-order chi connectivity index (χ0) is 24.4. The maximum Gasteiger partial charge on any atom is 0.273 e. The standard InChI is InChI=1S/C25H30N6O3S/c1-17-7-3-4-8-19(17)27-20(32)15-31-16-26-22-21(24(31)34)35-25(28-22)30-13-9-18(10-14-30)23(33)29-11-5-2-6-12-29/h3-4,7-8,16,18H,2,5-6,9-15H2,1H3,(H,27,32). The number of thiazole rings is 1. The highest BCUT2D eigenvalue weighted by molar-refractivity contribution is 7.22. The molecule has 184 valence electrons. The van der Waals surface area contributed by atoms with E-state index in [1.165, 1.54) is 28.7 Å². The molecule has 2 amide bonds. The van der Waals surface area contributed by atoms with Crippen LogP contribution in [0.5, 0.6) is 0 Å². The molecular formula is C25H30N6O3S. The smallest absolute Gasteiger partial charge is 0.273 e. The van der Waals surface area contributed by atoms with Gasteiger partial charge in [-0.25, -0.2) is 4.98 Å². The van der Waals surface area contributed by atoms with Gasteiger partial charge in [-0.1, -0.05) is 29.5 Å². The van der Waals surface area contributed by atoms with Crippen molar-refractivity contribution in [3.8, 4) is 0 Å². The highest BCUT2D eigenvalue weighted by Crippen LogP contribution is 2.30. The van der Waals surface area contributed by atoms with Gasteiger partial charge in [0.25, 0.3) is 5.56 Å². The maximum absolute atomic E-state index is 13.0. The van der Waals surface area contributed by atoms with Crippen molar-refractivity contribution in [2.24, 2.45) is 5.92 Å². The molecule has 10 heteroatoms. The summed E-state index contributed by atoms with van der Waals surface area (Å²) in [6.45, 7) is 5.04. The predicted molar refractivity (Wildman–Crippen MR) is 137 cm³/mol. The van der Waals surface area contributed by atoms with E-state index in [1.807, 2.05) is 36.1 Å². The van der Waals surface area contributed by atoms with Crippen molar-refractivity contribution in [2.75, 3.05) is 36.4 Å². The van der Waals surface area contributed by atoms with E-state index in [2.05, 4.69) is 20.2 Å². The fourth-order valence-electron chi connectivity index (χ4n) is 4.83. The van der Waals surface area contributed by atoms with Crippen molar-refractivity contribution in [3.63, 3.8) is 0 Å². The Morgan fingerprint density at radius 3 is 2.57 bits per heavy atom. The molecule has 0 spiro atoms. The SMILES string of the molecule is Cc1ccccc1NC(=O)Cn1cnc2nc(N3CCC(C(=O)N4CCCCC4)CC3)sc2c1=O. The topological polar surface area (TPSA) is 100 Å². The lowest BCUT2D eigenvalue weighted by molar-refractivity contribution is -0.137. The molecule has 35 heavy (non-hydrogen) atoms. The highest BCUT2D eigenvalue weighted by Gasteiger charge is 2.30. The van der Waals surface area contributed by atoms with Gasteiger partial charge >= 0.3 is 0 Å². The van der Waals surface area contributed by atoms with Crippen molar-refractivity contribution in [3.05, 3.63) is 46.5 Å². The summed E-state index contributed by atoms with van der Waals surface area (Å²) in [5.41, 5.74) is 1.81. The Labute approximate surface area is 207 Å². The number of rotatable bonds is 5. The van der Waals surface area contributed by atoms with Gasteiger partial charge in [0.15, 0.2) is 10.8 Å². The van der Waals surface area contributed by atoms with E-state index in [-0.39, 0.29) is 23.9 Å². The summed E-state index contributed by atoms with van der Waals surface area (Å²) in [6.07, 6.45) is 6.40. The molecule has 4 heterocycles. The van der Waals surface area contributed by atoms with E-state index in [4.69, 9.17) is 0 Å².